The average molecular weight is 630 g/mol. The number of esters is 1. The predicted octanol–water partition coefficient (Wildman–Crippen LogP) is 4.48. The van der Waals surface area contributed by atoms with Crippen LogP contribution in [0.3, 0.4) is 0 Å². The van der Waals surface area contributed by atoms with Crippen molar-refractivity contribution in [2.24, 2.45) is 4.99 Å². The van der Waals surface area contributed by atoms with E-state index in [1.165, 1.54) is 17.4 Å². The van der Waals surface area contributed by atoms with Gasteiger partial charge in [-0.25, -0.2) is 27.7 Å². The van der Waals surface area contributed by atoms with Crippen LogP contribution in [-0.2, 0) is 14.3 Å². The lowest BCUT2D eigenvalue weighted by molar-refractivity contribution is -0.139. The third kappa shape index (κ3) is 6.49. The summed E-state index contributed by atoms with van der Waals surface area (Å²) >= 11 is 1.32. The van der Waals surface area contributed by atoms with Gasteiger partial charge >= 0.3 is 11.9 Å². The first-order chi connectivity index (χ1) is 21.0. The number of amidine groups is 1. The molecule has 5 rings (SSSR count). The van der Waals surface area contributed by atoms with Crippen LogP contribution >= 0.6 is 11.3 Å². The van der Waals surface area contributed by atoms with Gasteiger partial charge in [-0.15, -0.1) is 11.3 Å². The van der Waals surface area contributed by atoms with Crippen LogP contribution in [-0.4, -0.2) is 89.0 Å². The van der Waals surface area contributed by atoms with E-state index in [-0.39, 0.29) is 30.8 Å². The Balaban J connectivity index is 1.43. The molecule has 3 aliphatic rings. The minimum atomic E-state index is -3.05. The zero-order chi connectivity index (χ0) is 31.6. The number of alkyl halides is 2. The highest BCUT2D eigenvalue weighted by Gasteiger charge is 2.51. The summed E-state index contributed by atoms with van der Waals surface area (Å²) in [5, 5.41) is 14.5. The van der Waals surface area contributed by atoms with Gasteiger partial charge in [0, 0.05) is 36.9 Å². The van der Waals surface area contributed by atoms with Gasteiger partial charge in [0.25, 0.3) is 5.92 Å². The lowest BCUT2D eigenvalue weighted by atomic mass is 9.92. The lowest BCUT2D eigenvalue weighted by Gasteiger charge is -2.32. The van der Waals surface area contributed by atoms with Gasteiger partial charge in [-0.2, -0.15) is 0 Å². The minimum absolute atomic E-state index is 0.0249. The zero-order valence-corrected chi connectivity index (χ0v) is 25.5. The van der Waals surface area contributed by atoms with Crippen LogP contribution in [0, 0.1) is 12.7 Å². The predicted molar refractivity (Wildman–Crippen MR) is 160 cm³/mol. The normalized spacial score (nSPS) is 21.4. The molecule has 1 aromatic heterocycles. The van der Waals surface area contributed by atoms with Gasteiger partial charge in [0.05, 0.1) is 30.3 Å². The Morgan fingerprint density at radius 1 is 1.27 bits per heavy atom. The van der Waals surface area contributed by atoms with Crippen molar-refractivity contribution in [1.82, 2.24) is 20.1 Å². The van der Waals surface area contributed by atoms with Crippen molar-refractivity contribution in [3.8, 4) is 0 Å². The second-order valence-electron chi connectivity index (χ2n) is 10.9. The van der Waals surface area contributed by atoms with Gasteiger partial charge in [-0.1, -0.05) is 19.1 Å². The average Bonchev–Trinajstić information content (AvgIpc) is 3.59. The number of carbonyl (C=O) groups is 2. The molecule has 2 aliphatic heterocycles. The van der Waals surface area contributed by atoms with E-state index in [2.05, 4.69) is 10.3 Å². The van der Waals surface area contributed by atoms with Crippen LogP contribution in [0.1, 0.15) is 42.4 Å². The largest absolute Gasteiger partial charge is 0.478 e. The molecule has 2 N–H and O–H groups in total. The lowest BCUT2D eigenvalue weighted by Crippen LogP contribution is -2.47. The maximum atomic E-state index is 15.6. The molecular weight excluding hydrogens is 595 g/mol. The smallest absolute Gasteiger partial charge is 0.338 e. The molecule has 44 heavy (non-hydrogen) atoms. The standard InChI is InChI=1S/C31H34F3N5O4S/c1-4-39(11-9-19-13-20(14-19)29(40)41)24-16-38(17-31(24,33)34)15-23-25(30(42)43-5-2)26(21-7-6-8-22(32)18(21)3)37-27(36-23)28-35-10-12-44-28/h6-8,10,12-14,24,26H,4-5,9,11,15-17H2,1-3H3,(H,36,37)(H,40,41)/t24-,26+/m1/s1. The molecular formula is C31H34F3N5O4S. The third-order valence-electron chi connectivity index (χ3n) is 8.06. The van der Waals surface area contributed by atoms with Crippen molar-refractivity contribution >= 4 is 29.1 Å². The number of rotatable bonds is 12. The molecule has 2 atom stereocenters. The molecule has 0 bridgehead atoms. The SMILES string of the molecule is CCOC(=O)C1=C(CN2C[C@@H](N(CC)CCC3=CC(C(=O)O)=C3)C(F)(F)C2)NC(c2nccs2)=N[C@H]1c1cccc(F)c1C. The second kappa shape index (κ2) is 13.0. The number of carbonyl (C=O) groups excluding carboxylic acids is 1. The Kier molecular flexibility index (Phi) is 9.37. The summed E-state index contributed by atoms with van der Waals surface area (Å²) in [4.78, 5) is 36.9. The number of hydrogen-bond acceptors (Lipinski definition) is 9. The first-order valence-electron chi connectivity index (χ1n) is 14.4. The highest BCUT2D eigenvalue weighted by atomic mass is 32.1. The number of carboxylic acids is 1. The van der Waals surface area contributed by atoms with Crippen molar-refractivity contribution in [3.63, 3.8) is 0 Å². The quantitative estimate of drug-likeness (QED) is 0.331. The molecule has 1 saturated heterocycles. The number of carboxylic acid groups (broad SMARTS) is 1. The van der Waals surface area contributed by atoms with E-state index < -0.39 is 42.3 Å². The van der Waals surface area contributed by atoms with Gasteiger partial charge < -0.3 is 15.2 Å². The molecule has 3 heterocycles. The summed E-state index contributed by atoms with van der Waals surface area (Å²) in [5.74, 6) is -4.81. The maximum absolute atomic E-state index is 15.6. The number of nitrogens with one attached hydrogen (secondary N) is 1. The Morgan fingerprint density at radius 3 is 2.70 bits per heavy atom. The fourth-order valence-corrected chi connectivity index (χ4v) is 6.39. The summed E-state index contributed by atoms with van der Waals surface area (Å²) in [6.07, 6.45) is 5.19. The number of thiazole rings is 1. The van der Waals surface area contributed by atoms with Crippen molar-refractivity contribution < 1.29 is 32.6 Å². The van der Waals surface area contributed by atoms with Crippen molar-refractivity contribution in [2.45, 2.75) is 45.2 Å². The molecule has 0 unspecified atom stereocenters. The van der Waals surface area contributed by atoms with Gasteiger partial charge in [0.15, 0.2) is 10.8 Å². The molecule has 0 spiro atoms. The number of benzene rings is 1. The Morgan fingerprint density at radius 2 is 2.05 bits per heavy atom. The number of halogens is 3. The van der Waals surface area contributed by atoms with Crippen LogP contribution in [0.5, 0.6) is 0 Å². The van der Waals surface area contributed by atoms with Crippen LogP contribution < -0.4 is 5.32 Å². The molecule has 2 aromatic rings. The molecule has 0 saturated carbocycles. The van der Waals surface area contributed by atoms with Crippen LogP contribution in [0.25, 0.3) is 0 Å². The minimum Gasteiger partial charge on any atom is -0.478 e. The number of hydrogen-bond donors (Lipinski definition) is 2. The van der Waals surface area contributed by atoms with Crippen molar-refractivity contribution in [2.75, 3.05) is 39.3 Å². The summed E-state index contributed by atoms with van der Waals surface area (Å²) in [5.41, 5.74) is 2.29. The molecule has 0 amide bonds. The fourth-order valence-electron chi connectivity index (χ4n) is 5.80. The Labute approximate surface area is 257 Å². The van der Waals surface area contributed by atoms with E-state index >= 15 is 8.78 Å². The number of allylic oxidation sites excluding steroid dienone is 1. The topological polar surface area (TPSA) is 107 Å². The molecule has 1 aromatic carbocycles. The van der Waals surface area contributed by atoms with Crippen LogP contribution in [0.15, 0.2) is 69.3 Å². The van der Waals surface area contributed by atoms with Crippen molar-refractivity contribution in [1.29, 1.82) is 0 Å². The second-order valence-corrected chi connectivity index (χ2v) is 11.8. The summed E-state index contributed by atoms with van der Waals surface area (Å²) in [6.45, 7) is 5.38. The van der Waals surface area contributed by atoms with Gasteiger partial charge in [-0.05, 0) is 61.7 Å². The molecule has 234 valence electrons. The van der Waals surface area contributed by atoms with E-state index in [1.54, 1.807) is 59.5 Å². The van der Waals surface area contributed by atoms with E-state index in [1.807, 2.05) is 6.92 Å². The maximum Gasteiger partial charge on any atom is 0.338 e. The first-order valence-corrected chi connectivity index (χ1v) is 15.3. The van der Waals surface area contributed by atoms with Gasteiger partial charge in [-0.3, -0.25) is 14.8 Å². The number of likely N-dealkylation sites (N-methyl/N-ethyl adjacent to an activating group) is 1. The molecule has 13 heteroatoms. The fraction of sp³-hybridized carbons (Fsp3) is 0.419. The highest BCUT2D eigenvalue weighted by molar-refractivity contribution is 7.11. The number of nitrogens with zero attached hydrogens (tertiary/aromatic N) is 4. The Hall–Kier alpha value is -3.81. The first kappa shape index (κ1) is 31.6. The summed E-state index contributed by atoms with van der Waals surface area (Å²) in [6, 6.07) is 2.54. The number of aliphatic imine (C=N–C) groups is 1. The molecule has 9 nitrogen and oxygen atoms in total. The van der Waals surface area contributed by atoms with E-state index in [0.29, 0.717) is 47.2 Å². The third-order valence-corrected chi connectivity index (χ3v) is 8.84. The molecule has 0 radical (unpaired) electrons. The van der Waals surface area contributed by atoms with Crippen molar-refractivity contribution in [3.05, 3.63) is 86.3 Å². The zero-order valence-electron chi connectivity index (χ0n) is 24.6. The number of ether oxygens (including phenoxy) is 1. The van der Waals surface area contributed by atoms with E-state index in [4.69, 9.17) is 14.8 Å². The monoisotopic (exact) mass is 629 g/mol. The van der Waals surface area contributed by atoms with Gasteiger partial charge in [0.1, 0.15) is 11.9 Å². The van der Waals surface area contributed by atoms with E-state index in [9.17, 15) is 14.0 Å². The highest BCUT2D eigenvalue weighted by Crippen LogP contribution is 2.37. The number of likely N-dealkylation sites (tertiary alicyclic amines) is 1. The molecule has 1 aliphatic carbocycles. The molecule has 1 fully saturated rings. The number of aliphatic carboxylic acids is 1. The number of aromatic nitrogens is 1. The van der Waals surface area contributed by atoms with Gasteiger partial charge in [0.2, 0.25) is 0 Å². The summed E-state index contributed by atoms with van der Waals surface area (Å²) < 4.78 is 51.2. The van der Waals surface area contributed by atoms with Crippen LogP contribution in [0.2, 0.25) is 0 Å². The summed E-state index contributed by atoms with van der Waals surface area (Å²) in [7, 11) is 0. The van der Waals surface area contributed by atoms with E-state index in [0.717, 1.165) is 5.57 Å². The Bertz CT molecular complexity index is 1550. The van der Waals surface area contributed by atoms with Crippen LogP contribution in [0.4, 0.5) is 13.2 Å².